The van der Waals surface area contributed by atoms with E-state index in [1.807, 2.05) is 0 Å². The van der Waals surface area contributed by atoms with Crippen molar-refractivity contribution in [3.63, 3.8) is 0 Å². The van der Waals surface area contributed by atoms with Gasteiger partial charge in [0.1, 0.15) is 5.82 Å². The molecule has 27 heavy (non-hydrogen) atoms. The molecule has 2 rings (SSSR count). The lowest BCUT2D eigenvalue weighted by molar-refractivity contribution is -0.384. The van der Waals surface area contributed by atoms with E-state index in [4.69, 9.17) is 16.3 Å². The van der Waals surface area contributed by atoms with E-state index in [0.717, 1.165) is 18.2 Å². The third kappa shape index (κ3) is 5.49. The second-order valence-corrected chi connectivity index (χ2v) is 5.94. The molecule has 0 aromatic heterocycles. The van der Waals surface area contributed by atoms with Crippen LogP contribution in [-0.4, -0.2) is 34.9 Å². The first kappa shape index (κ1) is 20.3. The van der Waals surface area contributed by atoms with Gasteiger partial charge in [0.2, 0.25) is 0 Å². The number of hydrogen-bond acceptors (Lipinski definition) is 5. The topological polar surface area (TPSA) is 89.8 Å². The summed E-state index contributed by atoms with van der Waals surface area (Å²) in [4.78, 5) is 35.8. The van der Waals surface area contributed by atoms with E-state index in [9.17, 15) is 24.1 Å². The molecule has 0 spiro atoms. The van der Waals surface area contributed by atoms with Crippen molar-refractivity contribution in [3.05, 3.63) is 74.5 Å². The summed E-state index contributed by atoms with van der Waals surface area (Å²) in [5, 5.41) is 10.5. The molecule has 0 aliphatic rings. The van der Waals surface area contributed by atoms with Gasteiger partial charge in [-0.1, -0.05) is 23.7 Å². The summed E-state index contributed by atoms with van der Waals surface area (Å²) >= 11 is 5.86. The number of carbonyl (C=O) groups is 2. The summed E-state index contributed by atoms with van der Waals surface area (Å²) in [6.07, 6.45) is 0. The third-order valence-corrected chi connectivity index (χ3v) is 4.02. The number of nitrogens with zero attached hydrogens (tertiary/aromatic N) is 2. The molecule has 2 aromatic carbocycles. The Labute approximate surface area is 159 Å². The minimum Gasteiger partial charge on any atom is -0.452 e. The van der Waals surface area contributed by atoms with E-state index in [1.165, 1.54) is 17.0 Å². The van der Waals surface area contributed by atoms with Gasteiger partial charge in [0, 0.05) is 25.2 Å². The molecule has 0 unspecified atom stereocenters. The molecule has 0 fully saturated rings. The van der Waals surface area contributed by atoms with Crippen LogP contribution in [0.15, 0.2) is 42.5 Å². The molecule has 1 amide bonds. The summed E-state index contributed by atoms with van der Waals surface area (Å²) in [6, 6.07) is 9.16. The molecule has 142 valence electrons. The maximum atomic E-state index is 13.3. The highest BCUT2D eigenvalue weighted by atomic mass is 35.5. The van der Waals surface area contributed by atoms with Crippen LogP contribution in [0.5, 0.6) is 0 Å². The van der Waals surface area contributed by atoms with Crippen molar-refractivity contribution < 1.29 is 23.6 Å². The van der Waals surface area contributed by atoms with Gasteiger partial charge in [-0.2, -0.15) is 0 Å². The highest BCUT2D eigenvalue weighted by molar-refractivity contribution is 6.33. The maximum Gasteiger partial charge on any atom is 0.340 e. The number of nitro groups is 1. The summed E-state index contributed by atoms with van der Waals surface area (Å²) in [5.41, 5.74) is 0.262. The first-order valence-electron chi connectivity index (χ1n) is 7.95. The number of hydrogen-bond donors (Lipinski definition) is 0. The number of esters is 1. The lowest BCUT2D eigenvalue weighted by atomic mass is 10.2. The van der Waals surface area contributed by atoms with Crippen LogP contribution in [-0.2, 0) is 16.1 Å². The van der Waals surface area contributed by atoms with Gasteiger partial charge in [0.25, 0.3) is 11.6 Å². The minimum atomic E-state index is -0.870. The van der Waals surface area contributed by atoms with Crippen molar-refractivity contribution in [3.8, 4) is 0 Å². The van der Waals surface area contributed by atoms with Gasteiger partial charge in [0.15, 0.2) is 6.61 Å². The largest absolute Gasteiger partial charge is 0.452 e. The van der Waals surface area contributed by atoms with Gasteiger partial charge in [-0.05, 0) is 30.7 Å². The molecule has 7 nitrogen and oxygen atoms in total. The Balaban J connectivity index is 1.98. The van der Waals surface area contributed by atoms with Gasteiger partial charge in [-0.25, -0.2) is 9.18 Å². The van der Waals surface area contributed by atoms with Crippen molar-refractivity contribution in [1.82, 2.24) is 4.90 Å². The number of halogens is 2. The predicted octanol–water partition coefficient (Wildman–Crippen LogP) is 3.59. The Bertz CT molecular complexity index is 875. The number of amides is 1. The highest BCUT2D eigenvalue weighted by Gasteiger charge is 2.19. The Morgan fingerprint density at radius 1 is 1.26 bits per heavy atom. The zero-order valence-corrected chi connectivity index (χ0v) is 15.1. The van der Waals surface area contributed by atoms with E-state index >= 15 is 0 Å². The van der Waals surface area contributed by atoms with E-state index in [1.54, 1.807) is 19.1 Å². The fourth-order valence-corrected chi connectivity index (χ4v) is 2.56. The molecule has 9 heteroatoms. The van der Waals surface area contributed by atoms with Crippen LogP contribution in [0.2, 0.25) is 5.02 Å². The summed E-state index contributed by atoms with van der Waals surface area (Å²) in [6.45, 7) is 1.72. The van der Waals surface area contributed by atoms with Gasteiger partial charge in [-0.3, -0.25) is 14.9 Å². The summed E-state index contributed by atoms with van der Waals surface area (Å²) in [7, 11) is 0. The van der Waals surface area contributed by atoms with Gasteiger partial charge >= 0.3 is 5.97 Å². The second-order valence-electron chi connectivity index (χ2n) is 5.54. The number of rotatable bonds is 7. The monoisotopic (exact) mass is 394 g/mol. The SMILES string of the molecule is CCN(Cc1cccc(F)c1)C(=O)COC(=O)c1ccc([N+](=O)[O-])cc1Cl. The van der Waals surface area contributed by atoms with Crippen LogP contribution in [0.3, 0.4) is 0 Å². The first-order valence-corrected chi connectivity index (χ1v) is 8.33. The van der Waals surface area contributed by atoms with Crippen molar-refractivity contribution in [2.75, 3.05) is 13.2 Å². The average molecular weight is 395 g/mol. The molecule has 0 saturated carbocycles. The van der Waals surface area contributed by atoms with Crippen LogP contribution in [0.4, 0.5) is 10.1 Å². The Kier molecular flexibility index (Phi) is 6.84. The average Bonchev–Trinajstić information content (AvgIpc) is 2.63. The van der Waals surface area contributed by atoms with E-state index in [2.05, 4.69) is 0 Å². The quantitative estimate of drug-likeness (QED) is 0.406. The van der Waals surface area contributed by atoms with Crippen LogP contribution in [0.25, 0.3) is 0 Å². The fourth-order valence-electron chi connectivity index (χ4n) is 2.31. The number of ether oxygens (including phenoxy) is 1. The molecule has 0 N–H and O–H groups in total. The van der Waals surface area contributed by atoms with Gasteiger partial charge in [0.05, 0.1) is 15.5 Å². The number of benzene rings is 2. The number of non-ortho nitro benzene ring substituents is 1. The first-order chi connectivity index (χ1) is 12.8. The number of likely N-dealkylation sites (N-methyl/N-ethyl adjacent to an activating group) is 1. The minimum absolute atomic E-state index is 0.0803. The normalized spacial score (nSPS) is 10.3. The molecule has 0 aliphatic carbocycles. The second kappa shape index (κ2) is 9.09. The predicted molar refractivity (Wildman–Crippen MR) is 95.9 cm³/mol. The fraction of sp³-hybridized carbons (Fsp3) is 0.222. The molecule has 0 heterocycles. The van der Waals surface area contributed by atoms with Crippen LogP contribution in [0.1, 0.15) is 22.8 Å². The van der Waals surface area contributed by atoms with Crippen molar-refractivity contribution in [1.29, 1.82) is 0 Å². The Hall–Kier alpha value is -3.00. The lowest BCUT2D eigenvalue weighted by Crippen LogP contribution is -2.34. The van der Waals surface area contributed by atoms with Gasteiger partial charge < -0.3 is 9.64 Å². The third-order valence-electron chi connectivity index (χ3n) is 3.71. The van der Waals surface area contributed by atoms with E-state index < -0.39 is 29.2 Å². The molecule has 0 radical (unpaired) electrons. The maximum absolute atomic E-state index is 13.3. The van der Waals surface area contributed by atoms with Crippen molar-refractivity contribution in [2.24, 2.45) is 0 Å². The van der Waals surface area contributed by atoms with Crippen LogP contribution < -0.4 is 0 Å². The zero-order chi connectivity index (χ0) is 20.0. The molecule has 2 aromatic rings. The summed E-state index contributed by atoms with van der Waals surface area (Å²) in [5.74, 6) is -1.74. The molecule has 0 saturated heterocycles. The zero-order valence-electron chi connectivity index (χ0n) is 14.4. The van der Waals surface area contributed by atoms with Crippen LogP contribution in [0, 0.1) is 15.9 Å². The van der Waals surface area contributed by atoms with Crippen molar-refractivity contribution in [2.45, 2.75) is 13.5 Å². The highest BCUT2D eigenvalue weighted by Crippen LogP contribution is 2.23. The summed E-state index contributed by atoms with van der Waals surface area (Å²) < 4.78 is 18.2. The Morgan fingerprint density at radius 2 is 2.00 bits per heavy atom. The number of nitro benzene ring substituents is 1. The number of carbonyl (C=O) groups excluding carboxylic acids is 2. The smallest absolute Gasteiger partial charge is 0.340 e. The lowest BCUT2D eigenvalue weighted by Gasteiger charge is -2.21. The van der Waals surface area contributed by atoms with E-state index in [0.29, 0.717) is 12.1 Å². The van der Waals surface area contributed by atoms with Gasteiger partial charge in [-0.15, -0.1) is 0 Å². The standard InChI is InChI=1S/C18H16ClFN2O5/c1-2-21(10-12-4-3-5-13(20)8-12)17(23)11-27-18(24)15-7-6-14(22(25)26)9-16(15)19/h3-9H,2,10-11H2,1H3. The molecular weight excluding hydrogens is 379 g/mol. The van der Waals surface area contributed by atoms with E-state index in [-0.39, 0.29) is 22.8 Å². The molecule has 0 bridgehead atoms. The molecule has 0 atom stereocenters. The molecule has 0 aliphatic heterocycles. The Morgan fingerprint density at radius 3 is 2.59 bits per heavy atom. The van der Waals surface area contributed by atoms with Crippen molar-refractivity contribution >= 4 is 29.2 Å². The van der Waals surface area contributed by atoms with Crippen LogP contribution >= 0.6 is 11.6 Å². The molecular formula is C18H16ClFN2O5.